The van der Waals surface area contributed by atoms with E-state index in [9.17, 15) is 9.90 Å². The maximum absolute atomic E-state index is 11.5. The van der Waals surface area contributed by atoms with Gasteiger partial charge in [-0.1, -0.05) is 24.3 Å². The summed E-state index contributed by atoms with van der Waals surface area (Å²) in [5, 5.41) is 19.1. The Balaban J connectivity index is 1.87. The number of aliphatic hydroxyl groups is 1. The van der Waals surface area contributed by atoms with E-state index in [-0.39, 0.29) is 48.9 Å². The summed E-state index contributed by atoms with van der Waals surface area (Å²) in [6.07, 6.45) is 1.41. The first kappa shape index (κ1) is 20.3. The predicted octanol–water partition coefficient (Wildman–Crippen LogP) is 1.03. The number of nitrogen functional groups attached to an aromatic ring is 1. The predicted molar refractivity (Wildman–Crippen MR) is 104 cm³/mol. The smallest absolute Gasteiger partial charge is 0.320 e. The zero-order valence-electron chi connectivity index (χ0n) is 16.0. The van der Waals surface area contributed by atoms with Crippen LogP contribution in [0.25, 0.3) is 11.2 Å². The molecule has 0 saturated heterocycles. The van der Waals surface area contributed by atoms with Gasteiger partial charge in [0, 0.05) is 6.61 Å². The van der Waals surface area contributed by atoms with Crippen molar-refractivity contribution in [2.24, 2.45) is 0 Å². The number of fused-ring (bicyclic) bond motifs is 1. The van der Waals surface area contributed by atoms with E-state index in [1.165, 1.54) is 11.7 Å². The van der Waals surface area contributed by atoms with Crippen LogP contribution in [0.1, 0.15) is 24.0 Å². The van der Waals surface area contributed by atoms with Crippen LogP contribution in [0.2, 0.25) is 0 Å². The number of hydrogen-bond acceptors (Lipinski definition) is 9. The van der Waals surface area contributed by atoms with Crippen LogP contribution in [0.4, 0.5) is 5.82 Å². The summed E-state index contributed by atoms with van der Waals surface area (Å²) in [7, 11) is 1.34. The molecule has 0 atom stereocenters. The zero-order valence-corrected chi connectivity index (χ0v) is 16.0. The second-order valence-electron chi connectivity index (χ2n) is 6.41. The number of imidazole rings is 1. The van der Waals surface area contributed by atoms with Crippen molar-refractivity contribution in [1.29, 1.82) is 0 Å². The number of aromatic nitrogens is 4. The zero-order chi connectivity index (χ0) is 20.8. The third-order valence-corrected chi connectivity index (χ3v) is 4.27. The van der Waals surface area contributed by atoms with E-state index in [0.29, 0.717) is 25.1 Å². The van der Waals surface area contributed by atoms with Gasteiger partial charge in [0.2, 0.25) is 0 Å². The van der Waals surface area contributed by atoms with Gasteiger partial charge < -0.3 is 25.4 Å². The molecule has 0 unspecified atom stereocenters. The van der Waals surface area contributed by atoms with E-state index in [1.54, 1.807) is 0 Å². The number of ether oxygens (including phenoxy) is 2. The highest BCUT2D eigenvalue weighted by Gasteiger charge is 2.17. The van der Waals surface area contributed by atoms with Gasteiger partial charge in [0.05, 0.1) is 26.7 Å². The van der Waals surface area contributed by atoms with Crippen LogP contribution in [-0.4, -0.2) is 56.0 Å². The number of carbonyl (C=O) groups excluding carboxylic acids is 1. The normalized spacial score (nSPS) is 11.0. The van der Waals surface area contributed by atoms with Crippen molar-refractivity contribution in [2.75, 3.05) is 26.1 Å². The molecule has 2 heterocycles. The molecule has 2 aromatic heterocycles. The molecule has 29 heavy (non-hydrogen) atoms. The van der Waals surface area contributed by atoms with Gasteiger partial charge in [0.1, 0.15) is 0 Å². The molecule has 0 aliphatic carbocycles. The number of methoxy groups -OCH3 is 1. The number of anilines is 1. The second-order valence-corrected chi connectivity index (χ2v) is 6.41. The summed E-state index contributed by atoms with van der Waals surface area (Å²) in [6.45, 7) is 0.681. The van der Waals surface area contributed by atoms with Crippen LogP contribution >= 0.6 is 0 Å². The number of aromatic hydroxyl groups is 1. The van der Waals surface area contributed by atoms with Crippen LogP contribution in [0.15, 0.2) is 24.3 Å². The topological polar surface area (TPSA) is 146 Å². The Hall–Kier alpha value is -3.40. The Morgan fingerprint density at radius 3 is 2.76 bits per heavy atom. The van der Waals surface area contributed by atoms with E-state index in [4.69, 9.17) is 20.3 Å². The van der Waals surface area contributed by atoms with Gasteiger partial charge in [0.15, 0.2) is 17.0 Å². The summed E-state index contributed by atoms with van der Waals surface area (Å²) in [4.78, 5) is 23.9. The van der Waals surface area contributed by atoms with E-state index in [1.807, 2.05) is 24.3 Å². The maximum Gasteiger partial charge on any atom is 0.320 e. The summed E-state index contributed by atoms with van der Waals surface area (Å²) < 4.78 is 11.7. The molecule has 3 aromatic rings. The molecule has 4 N–H and O–H groups in total. The van der Waals surface area contributed by atoms with Crippen LogP contribution in [0.5, 0.6) is 12.0 Å². The Kier molecular flexibility index (Phi) is 6.45. The molecular weight excluding hydrogens is 378 g/mol. The fourth-order valence-corrected chi connectivity index (χ4v) is 2.84. The van der Waals surface area contributed by atoms with E-state index in [2.05, 4.69) is 15.0 Å². The largest absolute Gasteiger partial charge is 0.480 e. The van der Waals surface area contributed by atoms with Crippen molar-refractivity contribution < 1.29 is 24.5 Å². The van der Waals surface area contributed by atoms with Crippen molar-refractivity contribution in [1.82, 2.24) is 19.5 Å². The Bertz CT molecular complexity index is 1000. The Morgan fingerprint density at radius 1 is 1.21 bits per heavy atom. The third-order valence-electron chi connectivity index (χ3n) is 4.27. The van der Waals surface area contributed by atoms with Gasteiger partial charge in [-0.3, -0.25) is 9.36 Å². The molecule has 10 heteroatoms. The Morgan fingerprint density at radius 2 is 2.00 bits per heavy atom. The average molecular weight is 401 g/mol. The van der Waals surface area contributed by atoms with E-state index >= 15 is 0 Å². The molecule has 0 amide bonds. The minimum absolute atomic E-state index is 0.0773. The minimum Gasteiger partial charge on any atom is -0.480 e. The lowest BCUT2D eigenvalue weighted by molar-refractivity contribution is -0.139. The molecule has 0 aliphatic rings. The molecule has 0 saturated carbocycles. The lowest BCUT2D eigenvalue weighted by Crippen LogP contribution is -2.07. The maximum atomic E-state index is 11.5. The minimum atomic E-state index is -0.332. The van der Waals surface area contributed by atoms with Crippen LogP contribution in [0, 0.1) is 0 Å². The highest BCUT2D eigenvalue weighted by Crippen LogP contribution is 2.26. The van der Waals surface area contributed by atoms with Gasteiger partial charge >= 0.3 is 12.0 Å². The molecular formula is C19H23N5O5. The lowest BCUT2D eigenvalue weighted by atomic mass is 10.1. The highest BCUT2D eigenvalue weighted by atomic mass is 16.5. The number of nitrogens with two attached hydrogens (primary N) is 1. The van der Waals surface area contributed by atoms with E-state index < -0.39 is 0 Å². The monoisotopic (exact) mass is 401 g/mol. The van der Waals surface area contributed by atoms with Crippen molar-refractivity contribution >= 4 is 23.0 Å². The highest BCUT2D eigenvalue weighted by molar-refractivity contribution is 5.83. The number of aliphatic hydroxyl groups excluding tert-OH is 1. The number of nitrogens with zero attached hydrogens (tertiary/aromatic N) is 4. The van der Waals surface area contributed by atoms with E-state index in [0.717, 1.165) is 11.1 Å². The number of unbranched alkanes of at least 4 members (excludes halogenated alkanes) is 1. The summed E-state index contributed by atoms with van der Waals surface area (Å²) in [6, 6.07) is 7.18. The number of hydrogen-bond donors (Lipinski definition) is 3. The Labute approximate surface area is 166 Å². The summed E-state index contributed by atoms with van der Waals surface area (Å²) in [5.74, 6) is -0.234. The van der Waals surface area contributed by atoms with Gasteiger partial charge in [-0.05, 0) is 24.0 Å². The SMILES string of the molecule is COC(=O)Cc1cccc(Cn2c(O)nc3c(N)nc(OCCCCO)nc32)c1. The number of benzene rings is 1. The van der Waals surface area contributed by atoms with Crippen LogP contribution in [-0.2, 0) is 22.5 Å². The van der Waals surface area contributed by atoms with Gasteiger partial charge in [-0.15, -0.1) is 0 Å². The molecule has 154 valence electrons. The molecule has 3 rings (SSSR count). The third kappa shape index (κ3) is 4.91. The van der Waals surface area contributed by atoms with Crippen LogP contribution in [0.3, 0.4) is 0 Å². The first-order chi connectivity index (χ1) is 14.0. The molecule has 10 nitrogen and oxygen atoms in total. The number of rotatable bonds is 9. The quantitative estimate of drug-likeness (QED) is 0.353. The fourth-order valence-electron chi connectivity index (χ4n) is 2.84. The first-order valence-corrected chi connectivity index (χ1v) is 9.12. The first-order valence-electron chi connectivity index (χ1n) is 9.12. The summed E-state index contributed by atoms with van der Waals surface area (Å²) in [5.41, 5.74) is 8.19. The van der Waals surface area contributed by atoms with Gasteiger partial charge in [0.25, 0.3) is 6.01 Å². The molecule has 0 radical (unpaired) electrons. The van der Waals surface area contributed by atoms with Crippen molar-refractivity contribution in [3.8, 4) is 12.0 Å². The molecule has 0 bridgehead atoms. The fraction of sp³-hybridized carbons (Fsp3) is 0.368. The average Bonchev–Trinajstić information content (AvgIpc) is 3.02. The van der Waals surface area contributed by atoms with Crippen molar-refractivity contribution in [3.05, 3.63) is 35.4 Å². The number of carbonyl (C=O) groups is 1. The summed E-state index contributed by atoms with van der Waals surface area (Å²) >= 11 is 0. The van der Waals surface area contributed by atoms with Gasteiger partial charge in [-0.25, -0.2) is 0 Å². The molecule has 0 spiro atoms. The van der Waals surface area contributed by atoms with Crippen molar-refractivity contribution in [3.63, 3.8) is 0 Å². The van der Waals surface area contributed by atoms with Crippen molar-refractivity contribution in [2.45, 2.75) is 25.8 Å². The number of esters is 1. The molecule has 0 fully saturated rings. The molecule has 0 aliphatic heterocycles. The van der Waals surface area contributed by atoms with Crippen LogP contribution < -0.4 is 10.5 Å². The standard InChI is InChI=1S/C19H23N5O5/c1-28-14(26)10-12-5-4-6-13(9-12)11-24-17-15(21-19(24)27)16(20)22-18(23-17)29-8-3-2-7-25/h4-6,9,25H,2-3,7-8,10-11H2,1H3,(H,21,27)(H2,20,22,23). The second kappa shape index (κ2) is 9.20. The lowest BCUT2D eigenvalue weighted by Gasteiger charge is -2.09. The molecule has 1 aromatic carbocycles. The van der Waals surface area contributed by atoms with Gasteiger partial charge in [-0.2, -0.15) is 15.0 Å².